The highest BCUT2D eigenvalue weighted by atomic mass is 19.1. The molecule has 1 aromatic carbocycles. The monoisotopic (exact) mass is 449 g/mol. The Hall–Kier alpha value is -3.26. The molecule has 1 unspecified atom stereocenters. The summed E-state index contributed by atoms with van der Waals surface area (Å²) in [5, 5.41) is 7.63. The Labute approximate surface area is 192 Å². The molecule has 33 heavy (non-hydrogen) atoms. The van der Waals surface area contributed by atoms with Crippen LogP contribution in [-0.2, 0) is 24.1 Å². The third-order valence-electron chi connectivity index (χ3n) is 6.29. The van der Waals surface area contributed by atoms with Gasteiger partial charge in [0, 0.05) is 37.1 Å². The molecule has 1 aliphatic carbocycles. The number of nitrogens with one attached hydrogen (secondary N) is 1. The number of hydrogen-bond acceptors (Lipinski definition) is 5. The van der Waals surface area contributed by atoms with Gasteiger partial charge >= 0.3 is 0 Å². The molecule has 1 saturated heterocycles. The van der Waals surface area contributed by atoms with E-state index in [0.717, 1.165) is 67.1 Å². The third-order valence-corrected chi connectivity index (χ3v) is 6.29. The van der Waals surface area contributed by atoms with E-state index in [0.29, 0.717) is 18.8 Å². The van der Waals surface area contributed by atoms with Crippen molar-refractivity contribution in [2.75, 3.05) is 24.6 Å². The summed E-state index contributed by atoms with van der Waals surface area (Å²) < 4.78 is 20.8. The lowest BCUT2D eigenvalue weighted by Gasteiger charge is -2.32. The summed E-state index contributed by atoms with van der Waals surface area (Å²) in [6.45, 7) is 4.80. The minimum absolute atomic E-state index is 0.194. The van der Waals surface area contributed by atoms with E-state index in [4.69, 9.17) is 4.74 Å². The second-order valence-corrected chi connectivity index (χ2v) is 8.70. The highest BCUT2D eigenvalue weighted by Crippen LogP contribution is 2.27. The van der Waals surface area contributed by atoms with Gasteiger partial charge in [0.25, 0.3) is 5.91 Å². The van der Waals surface area contributed by atoms with E-state index in [2.05, 4.69) is 27.2 Å². The van der Waals surface area contributed by atoms with E-state index >= 15 is 0 Å². The van der Waals surface area contributed by atoms with Gasteiger partial charge in [-0.2, -0.15) is 5.10 Å². The minimum Gasteiger partial charge on any atom is -0.375 e. The summed E-state index contributed by atoms with van der Waals surface area (Å²) in [5.41, 5.74) is 4.20. The lowest BCUT2D eigenvalue weighted by atomic mass is 9.95. The second kappa shape index (κ2) is 9.31. The lowest BCUT2D eigenvalue weighted by molar-refractivity contribution is 0.0529. The molecule has 5 rings (SSSR count). The fourth-order valence-corrected chi connectivity index (χ4v) is 4.58. The van der Waals surface area contributed by atoms with E-state index in [1.54, 1.807) is 16.8 Å². The Morgan fingerprint density at radius 1 is 1.18 bits per heavy atom. The molecule has 1 fully saturated rings. The van der Waals surface area contributed by atoms with E-state index < -0.39 is 0 Å². The van der Waals surface area contributed by atoms with Crippen molar-refractivity contribution >= 4 is 11.7 Å². The second-order valence-electron chi connectivity index (χ2n) is 8.70. The summed E-state index contributed by atoms with van der Waals surface area (Å²) in [5.74, 6) is 0.438. The molecule has 0 spiro atoms. The number of anilines is 1. The number of nitrogens with zero attached hydrogens (tertiary/aromatic N) is 4. The molecule has 7 nitrogen and oxygen atoms in total. The molecule has 0 saturated carbocycles. The SMILES string of the molecule is CC1CN(c2ccc(CNC(=O)c3nn(-c4ccc(F)cc4)c4c3CCCC4)cn2)CCO1. The summed E-state index contributed by atoms with van der Waals surface area (Å²) in [7, 11) is 0. The smallest absolute Gasteiger partial charge is 0.272 e. The molecule has 0 bridgehead atoms. The number of carbonyl (C=O) groups is 1. The Kier molecular flexibility index (Phi) is 6.09. The predicted molar refractivity (Wildman–Crippen MR) is 123 cm³/mol. The van der Waals surface area contributed by atoms with Gasteiger partial charge in [-0.05, 0) is 68.5 Å². The van der Waals surface area contributed by atoms with Gasteiger partial charge in [-0.15, -0.1) is 0 Å². The molecular formula is C25H28FN5O2. The number of amides is 1. The van der Waals surface area contributed by atoms with Gasteiger partial charge in [-0.1, -0.05) is 6.07 Å². The third kappa shape index (κ3) is 4.61. The highest BCUT2D eigenvalue weighted by Gasteiger charge is 2.25. The van der Waals surface area contributed by atoms with Gasteiger partial charge in [0.1, 0.15) is 11.6 Å². The van der Waals surface area contributed by atoms with E-state index in [-0.39, 0.29) is 17.8 Å². The summed E-state index contributed by atoms with van der Waals surface area (Å²) in [6.07, 6.45) is 5.78. The number of pyridine rings is 1. The van der Waals surface area contributed by atoms with Crippen LogP contribution in [0.1, 0.15) is 47.1 Å². The number of fused-ring (bicyclic) bond motifs is 1. The van der Waals surface area contributed by atoms with Crippen LogP contribution in [0.4, 0.5) is 10.2 Å². The molecular weight excluding hydrogens is 421 g/mol. The molecule has 1 amide bonds. The van der Waals surface area contributed by atoms with Crippen molar-refractivity contribution in [3.8, 4) is 5.69 Å². The molecule has 3 aromatic rings. The van der Waals surface area contributed by atoms with Crippen LogP contribution < -0.4 is 10.2 Å². The van der Waals surface area contributed by atoms with Gasteiger partial charge in [0.2, 0.25) is 0 Å². The fraction of sp³-hybridized carbons (Fsp3) is 0.400. The maximum atomic E-state index is 13.4. The van der Waals surface area contributed by atoms with E-state index in [1.165, 1.54) is 12.1 Å². The van der Waals surface area contributed by atoms with Crippen LogP contribution in [0.3, 0.4) is 0 Å². The molecule has 1 aliphatic heterocycles. The van der Waals surface area contributed by atoms with E-state index in [1.807, 2.05) is 18.3 Å². The van der Waals surface area contributed by atoms with Crippen LogP contribution >= 0.6 is 0 Å². The first-order valence-corrected chi connectivity index (χ1v) is 11.5. The normalized spacial score (nSPS) is 18.1. The summed E-state index contributed by atoms with van der Waals surface area (Å²) in [6, 6.07) is 10.2. The maximum absolute atomic E-state index is 13.4. The van der Waals surface area contributed by atoms with Gasteiger partial charge in [-0.25, -0.2) is 14.1 Å². The molecule has 2 aliphatic rings. The van der Waals surface area contributed by atoms with Crippen LogP contribution in [0.5, 0.6) is 0 Å². The number of rotatable bonds is 5. The van der Waals surface area contributed by atoms with Crippen LogP contribution in [0.25, 0.3) is 5.69 Å². The fourth-order valence-electron chi connectivity index (χ4n) is 4.58. The zero-order valence-corrected chi connectivity index (χ0v) is 18.8. The minimum atomic E-state index is -0.291. The number of hydrogen-bond donors (Lipinski definition) is 1. The zero-order valence-electron chi connectivity index (χ0n) is 18.8. The van der Waals surface area contributed by atoms with Crippen LogP contribution in [0.15, 0.2) is 42.6 Å². The first-order chi connectivity index (χ1) is 16.1. The summed E-state index contributed by atoms with van der Waals surface area (Å²) >= 11 is 0. The van der Waals surface area contributed by atoms with Gasteiger partial charge in [-0.3, -0.25) is 4.79 Å². The molecule has 1 atom stereocenters. The van der Waals surface area contributed by atoms with Crippen molar-refractivity contribution in [3.63, 3.8) is 0 Å². The Balaban J connectivity index is 1.29. The number of halogens is 1. The first-order valence-electron chi connectivity index (χ1n) is 11.5. The molecule has 0 radical (unpaired) electrons. The van der Waals surface area contributed by atoms with Crippen molar-refractivity contribution in [1.29, 1.82) is 0 Å². The Morgan fingerprint density at radius 3 is 2.76 bits per heavy atom. The van der Waals surface area contributed by atoms with E-state index in [9.17, 15) is 9.18 Å². The molecule has 1 N–H and O–H groups in total. The van der Waals surface area contributed by atoms with Crippen molar-refractivity contribution in [2.24, 2.45) is 0 Å². The average Bonchev–Trinajstić information content (AvgIpc) is 3.23. The lowest BCUT2D eigenvalue weighted by Crippen LogP contribution is -2.41. The van der Waals surface area contributed by atoms with Crippen molar-refractivity contribution in [1.82, 2.24) is 20.1 Å². The van der Waals surface area contributed by atoms with Gasteiger partial charge in [0.15, 0.2) is 5.69 Å². The number of aromatic nitrogens is 3. The van der Waals surface area contributed by atoms with Crippen LogP contribution in [0.2, 0.25) is 0 Å². The standard InChI is InChI=1S/C25H28FN5O2/c1-17-16-30(12-13-33-17)23-11-6-18(14-27-23)15-28-25(32)24-21-4-2-3-5-22(21)31(29-24)20-9-7-19(26)8-10-20/h6-11,14,17H,2-5,12-13,15-16H2,1H3,(H,28,32). The highest BCUT2D eigenvalue weighted by molar-refractivity contribution is 5.94. The van der Waals surface area contributed by atoms with Crippen molar-refractivity contribution in [3.05, 3.63) is 70.9 Å². The summed E-state index contributed by atoms with van der Waals surface area (Å²) in [4.78, 5) is 19.8. The Bertz CT molecular complexity index is 1130. The van der Waals surface area contributed by atoms with Crippen LogP contribution in [-0.4, -0.2) is 46.5 Å². The molecule has 2 aromatic heterocycles. The number of morpholine rings is 1. The molecule has 172 valence electrons. The van der Waals surface area contributed by atoms with Gasteiger partial charge in [0.05, 0.1) is 18.4 Å². The molecule has 3 heterocycles. The largest absolute Gasteiger partial charge is 0.375 e. The average molecular weight is 450 g/mol. The zero-order chi connectivity index (χ0) is 22.8. The van der Waals surface area contributed by atoms with Gasteiger partial charge < -0.3 is 15.0 Å². The van der Waals surface area contributed by atoms with Crippen LogP contribution in [0, 0.1) is 5.82 Å². The number of carbonyl (C=O) groups excluding carboxylic acids is 1. The quantitative estimate of drug-likeness (QED) is 0.646. The van der Waals surface area contributed by atoms with Crippen molar-refractivity contribution in [2.45, 2.75) is 45.3 Å². The topological polar surface area (TPSA) is 72.3 Å². The number of ether oxygens (including phenoxy) is 1. The Morgan fingerprint density at radius 2 is 2.00 bits per heavy atom. The maximum Gasteiger partial charge on any atom is 0.272 e. The number of benzene rings is 1. The predicted octanol–water partition coefficient (Wildman–Crippen LogP) is 3.44. The first kappa shape index (κ1) is 21.6. The van der Waals surface area contributed by atoms with Crippen molar-refractivity contribution < 1.29 is 13.9 Å². The molecule has 8 heteroatoms.